The summed E-state index contributed by atoms with van der Waals surface area (Å²) in [7, 11) is -0.159. The highest BCUT2D eigenvalue weighted by Gasteiger charge is 2.52. The first-order chi connectivity index (χ1) is 14.6. The van der Waals surface area contributed by atoms with Crippen LogP contribution in [0.4, 0.5) is 0 Å². The molecule has 0 saturated heterocycles. The Morgan fingerprint density at radius 2 is 1.81 bits per heavy atom. The molecule has 1 heterocycles. The molecule has 7 nitrogen and oxygen atoms in total. The zero-order chi connectivity index (χ0) is 22.8. The smallest absolute Gasteiger partial charge is 0.327 e. The van der Waals surface area contributed by atoms with Crippen LogP contribution in [0.1, 0.15) is 43.9 Å². The van der Waals surface area contributed by atoms with Crippen LogP contribution in [0.15, 0.2) is 29.3 Å². The lowest BCUT2D eigenvalue weighted by Gasteiger charge is -2.38. The molecule has 1 aromatic carbocycles. The second-order valence-corrected chi connectivity index (χ2v) is 10.4. The minimum absolute atomic E-state index is 0.185. The lowest BCUT2D eigenvalue weighted by molar-refractivity contribution is -0.154. The third-order valence-electron chi connectivity index (χ3n) is 6.16. The Bertz CT molecular complexity index is 1060. The number of hydrogen-bond acceptors (Lipinski definition) is 6. The predicted octanol–water partition coefficient (Wildman–Crippen LogP) is 3.28. The fourth-order valence-corrected chi connectivity index (χ4v) is 6.22. The van der Waals surface area contributed by atoms with Crippen LogP contribution in [0.3, 0.4) is 0 Å². The van der Waals surface area contributed by atoms with Gasteiger partial charge in [-0.2, -0.15) is 4.31 Å². The quantitative estimate of drug-likeness (QED) is 0.578. The number of sulfonamides is 1. The van der Waals surface area contributed by atoms with Gasteiger partial charge in [-0.3, -0.25) is 9.78 Å². The summed E-state index contributed by atoms with van der Waals surface area (Å²) in [5.74, 6) is -0.440. The average Bonchev–Trinajstić information content (AvgIpc) is 3.21. The molecule has 0 N–H and O–H groups in total. The number of aromatic nitrogens is 1. The monoisotopic (exact) mass is 447 g/mol. The zero-order valence-electron chi connectivity index (χ0n) is 19.1. The number of likely N-dealkylation sites (N-methyl/N-ethyl adjacent to an activating group) is 1. The molecule has 0 amide bonds. The first-order valence-corrected chi connectivity index (χ1v) is 12.3. The Balaban J connectivity index is 2.15. The van der Waals surface area contributed by atoms with Crippen LogP contribution >= 0.6 is 0 Å². The van der Waals surface area contributed by atoms with E-state index in [1.54, 1.807) is 25.3 Å². The summed E-state index contributed by atoms with van der Waals surface area (Å²) in [5, 5.41) is 1.79. The standard InChI is InChI=1S/C23H33N3O4S/c1-6-30-22(27)23(11-7-8-12-23)26(14-13-25(4)5)31(28,29)19-9-10-20-17(2)16-24-18(3)21(20)15-19/h9-10,15-16H,6-8,11-14H2,1-5H3. The van der Waals surface area contributed by atoms with E-state index >= 15 is 0 Å². The molecule has 3 rings (SSSR count). The highest BCUT2D eigenvalue weighted by atomic mass is 32.2. The van der Waals surface area contributed by atoms with Gasteiger partial charge in [-0.1, -0.05) is 18.9 Å². The summed E-state index contributed by atoms with van der Waals surface area (Å²) in [4.78, 5) is 19.6. The van der Waals surface area contributed by atoms with Crippen molar-refractivity contribution < 1.29 is 17.9 Å². The zero-order valence-corrected chi connectivity index (χ0v) is 20.0. The van der Waals surface area contributed by atoms with Crippen molar-refractivity contribution in [2.45, 2.75) is 56.9 Å². The Morgan fingerprint density at radius 3 is 2.42 bits per heavy atom. The van der Waals surface area contributed by atoms with Gasteiger partial charge < -0.3 is 9.64 Å². The number of fused-ring (bicyclic) bond motifs is 1. The van der Waals surface area contributed by atoms with Gasteiger partial charge in [-0.05, 0) is 70.8 Å². The van der Waals surface area contributed by atoms with Crippen molar-refractivity contribution >= 4 is 26.8 Å². The number of rotatable bonds is 8. The second-order valence-electron chi connectivity index (χ2n) is 8.57. The van der Waals surface area contributed by atoms with E-state index in [0.29, 0.717) is 19.4 Å². The Morgan fingerprint density at radius 1 is 1.13 bits per heavy atom. The predicted molar refractivity (Wildman–Crippen MR) is 121 cm³/mol. The molecule has 1 aliphatic rings. The van der Waals surface area contributed by atoms with Crippen LogP contribution in [0.25, 0.3) is 10.8 Å². The molecule has 1 aromatic heterocycles. The highest BCUT2D eigenvalue weighted by molar-refractivity contribution is 7.89. The fourth-order valence-electron chi connectivity index (χ4n) is 4.42. The van der Waals surface area contributed by atoms with Crippen LogP contribution in [0.2, 0.25) is 0 Å². The van der Waals surface area contributed by atoms with Gasteiger partial charge in [-0.15, -0.1) is 0 Å². The second kappa shape index (κ2) is 9.22. The molecule has 8 heteroatoms. The number of hydrogen-bond donors (Lipinski definition) is 0. The lowest BCUT2D eigenvalue weighted by atomic mass is 9.97. The maximum absolute atomic E-state index is 14.0. The van der Waals surface area contributed by atoms with Gasteiger partial charge in [0, 0.05) is 30.4 Å². The fraction of sp³-hybridized carbons (Fsp3) is 0.565. The number of aryl methyl sites for hydroxylation is 2. The molecule has 1 fully saturated rings. The largest absolute Gasteiger partial charge is 0.465 e. The molecule has 0 bridgehead atoms. The van der Waals surface area contributed by atoms with Crippen molar-refractivity contribution in [3.63, 3.8) is 0 Å². The molecule has 0 radical (unpaired) electrons. The SMILES string of the molecule is CCOC(=O)C1(N(CCN(C)C)S(=O)(=O)c2ccc3c(C)cnc(C)c3c2)CCCC1. The van der Waals surface area contributed by atoms with E-state index in [1.807, 2.05) is 38.9 Å². The van der Waals surface area contributed by atoms with Crippen molar-refractivity contribution in [1.82, 2.24) is 14.2 Å². The summed E-state index contributed by atoms with van der Waals surface area (Å²) in [6.45, 7) is 6.54. The summed E-state index contributed by atoms with van der Waals surface area (Å²) in [6.07, 6.45) is 4.35. The number of pyridine rings is 1. The summed E-state index contributed by atoms with van der Waals surface area (Å²) in [6, 6.07) is 5.17. The van der Waals surface area contributed by atoms with E-state index in [-0.39, 0.29) is 18.0 Å². The topological polar surface area (TPSA) is 79.8 Å². The van der Waals surface area contributed by atoms with Crippen LogP contribution < -0.4 is 0 Å². The third-order valence-corrected chi connectivity index (χ3v) is 8.12. The minimum atomic E-state index is -3.94. The van der Waals surface area contributed by atoms with Gasteiger partial charge in [0.15, 0.2) is 0 Å². The van der Waals surface area contributed by atoms with E-state index in [1.165, 1.54) is 4.31 Å². The molecular formula is C23H33N3O4S. The average molecular weight is 448 g/mol. The number of carbonyl (C=O) groups excluding carboxylic acids is 1. The molecule has 0 atom stereocenters. The number of benzene rings is 1. The maximum Gasteiger partial charge on any atom is 0.327 e. The van der Waals surface area contributed by atoms with Crippen molar-refractivity contribution in [2.75, 3.05) is 33.8 Å². The molecule has 2 aromatic rings. The molecule has 170 valence electrons. The number of ether oxygens (including phenoxy) is 1. The van der Waals surface area contributed by atoms with Crippen molar-refractivity contribution in [3.8, 4) is 0 Å². The van der Waals surface area contributed by atoms with Gasteiger partial charge in [0.1, 0.15) is 5.54 Å². The van der Waals surface area contributed by atoms with Crippen molar-refractivity contribution in [3.05, 3.63) is 35.7 Å². The maximum atomic E-state index is 14.0. The van der Waals surface area contributed by atoms with Crippen molar-refractivity contribution in [1.29, 1.82) is 0 Å². The van der Waals surface area contributed by atoms with Crippen LogP contribution in [-0.2, 0) is 19.6 Å². The molecular weight excluding hydrogens is 414 g/mol. The molecule has 1 saturated carbocycles. The Kier molecular flexibility index (Phi) is 7.03. The van der Waals surface area contributed by atoms with Gasteiger partial charge >= 0.3 is 5.97 Å². The van der Waals surface area contributed by atoms with Crippen LogP contribution in [0.5, 0.6) is 0 Å². The molecule has 0 unspecified atom stereocenters. The number of carbonyl (C=O) groups is 1. The molecule has 1 aliphatic carbocycles. The van der Waals surface area contributed by atoms with E-state index in [4.69, 9.17) is 4.74 Å². The minimum Gasteiger partial charge on any atom is -0.465 e. The summed E-state index contributed by atoms with van der Waals surface area (Å²) in [5.41, 5.74) is 0.617. The van der Waals surface area contributed by atoms with Gasteiger partial charge in [0.25, 0.3) is 0 Å². The summed E-state index contributed by atoms with van der Waals surface area (Å²) < 4.78 is 34.7. The van der Waals surface area contributed by atoms with Crippen LogP contribution in [-0.4, -0.2) is 67.9 Å². The number of nitrogens with zero attached hydrogens (tertiary/aromatic N) is 3. The van der Waals surface area contributed by atoms with E-state index in [9.17, 15) is 13.2 Å². The van der Waals surface area contributed by atoms with E-state index in [2.05, 4.69) is 4.98 Å². The third kappa shape index (κ3) is 4.47. The highest BCUT2D eigenvalue weighted by Crippen LogP contribution is 2.40. The first-order valence-electron chi connectivity index (χ1n) is 10.8. The van der Waals surface area contributed by atoms with E-state index in [0.717, 1.165) is 34.9 Å². The first kappa shape index (κ1) is 23.6. The molecule has 0 spiro atoms. The normalized spacial score (nSPS) is 16.4. The van der Waals surface area contributed by atoms with Crippen molar-refractivity contribution in [2.24, 2.45) is 0 Å². The van der Waals surface area contributed by atoms with Gasteiger partial charge in [-0.25, -0.2) is 8.42 Å². The molecule has 31 heavy (non-hydrogen) atoms. The number of esters is 1. The Hall–Kier alpha value is -2.03. The van der Waals surface area contributed by atoms with E-state index < -0.39 is 21.5 Å². The summed E-state index contributed by atoms with van der Waals surface area (Å²) >= 11 is 0. The lowest BCUT2D eigenvalue weighted by Crippen LogP contribution is -2.57. The molecule has 0 aliphatic heterocycles. The Labute approximate surface area is 185 Å². The van der Waals surface area contributed by atoms with Crippen LogP contribution in [0, 0.1) is 13.8 Å². The van der Waals surface area contributed by atoms with Gasteiger partial charge in [0.2, 0.25) is 10.0 Å². The van der Waals surface area contributed by atoms with Gasteiger partial charge in [0.05, 0.1) is 11.5 Å².